The van der Waals surface area contributed by atoms with Crippen molar-refractivity contribution in [2.75, 3.05) is 6.61 Å². The van der Waals surface area contributed by atoms with E-state index in [1.54, 1.807) is 6.20 Å². The molecule has 2 rings (SSSR count). The Hall–Kier alpha value is -1.66. The van der Waals surface area contributed by atoms with Gasteiger partial charge in [-0.3, -0.25) is 4.79 Å². The van der Waals surface area contributed by atoms with Crippen LogP contribution < -0.4 is 5.32 Å². The summed E-state index contributed by atoms with van der Waals surface area (Å²) in [5, 5.41) is 3.00. The molecule has 0 saturated heterocycles. The van der Waals surface area contributed by atoms with Crippen molar-refractivity contribution in [3.63, 3.8) is 0 Å². The van der Waals surface area contributed by atoms with Gasteiger partial charge in [-0.25, -0.2) is 4.98 Å². The highest BCUT2D eigenvalue weighted by molar-refractivity contribution is 9.10. The normalized spacial score (nSPS) is 11.5. The van der Waals surface area contributed by atoms with Crippen molar-refractivity contribution in [1.29, 1.82) is 0 Å². The lowest BCUT2D eigenvalue weighted by Gasteiger charge is -2.26. The molecule has 130 valence electrons. The second-order valence-corrected chi connectivity index (χ2v) is 7.40. The molecule has 0 aliphatic carbocycles. The maximum atomic E-state index is 12.1. The van der Waals surface area contributed by atoms with Crippen LogP contribution in [0.25, 0.3) is 0 Å². The lowest BCUT2D eigenvalue weighted by molar-refractivity contribution is -0.127. The standard InChI is InChI=1S/C18H23BrN2O3/c1-12-7-14(5-6-15(12)19)8-18(3,4)21-16(22)10-23-11-17-20-9-13(2)24-17/h5-7,9H,8,10-11H2,1-4H3,(H,21,22). The number of carbonyl (C=O) groups excluding carboxylic acids is 1. The van der Waals surface area contributed by atoms with Crippen LogP contribution in [-0.2, 0) is 22.6 Å². The summed E-state index contributed by atoms with van der Waals surface area (Å²) in [4.78, 5) is 16.1. The van der Waals surface area contributed by atoms with Gasteiger partial charge in [-0.2, -0.15) is 0 Å². The number of nitrogens with zero attached hydrogens (tertiary/aromatic N) is 1. The fraction of sp³-hybridized carbons (Fsp3) is 0.444. The number of nitrogens with one attached hydrogen (secondary N) is 1. The lowest BCUT2D eigenvalue weighted by Crippen LogP contribution is -2.46. The molecular formula is C18H23BrN2O3. The van der Waals surface area contributed by atoms with Crippen LogP contribution in [0.15, 0.2) is 33.3 Å². The Labute approximate surface area is 150 Å². The van der Waals surface area contributed by atoms with Crippen LogP contribution in [0.5, 0.6) is 0 Å². The molecule has 1 aromatic carbocycles. The summed E-state index contributed by atoms with van der Waals surface area (Å²) in [5.74, 6) is 1.05. The molecule has 0 unspecified atom stereocenters. The van der Waals surface area contributed by atoms with Crippen LogP contribution >= 0.6 is 15.9 Å². The second kappa shape index (κ2) is 7.94. The number of hydrogen-bond acceptors (Lipinski definition) is 4. The first-order valence-electron chi connectivity index (χ1n) is 7.80. The third kappa shape index (κ3) is 5.76. The van der Waals surface area contributed by atoms with E-state index in [1.165, 1.54) is 11.1 Å². The lowest BCUT2D eigenvalue weighted by atomic mass is 9.94. The topological polar surface area (TPSA) is 64.4 Å². The van der Waals surface area contributed by atoms with Crippen molar-refractivity contribution in [3.05, 3.63) is 51.6 Å². The van der Waals surface area contributed by atoms with E-state index in [4.69, 9.17) is 9.15 Å². The molecule has 0 fully saturated rings. The second-order valence-electron chi connectivity index (χ2n) is 6.55. The summed E-state index contributed by atoms with van der Waals surface area (Å²) in [5.41, 5.74) is 2.00. The number of ether oxygens (including phenoxy) is 1. The van der Waals surface area contributed by atoms with E-state index in [0.29, 0.717) is 5.89 Å². The summed E-state index contributed by atoms with van der Waals surface area (Å²) in [6, 6.07) is 6.22. The number of carbonyl (C=O) groups is 1. The van der Waals surface area contributed by atoms with Gasteiger partial charge >= 0.3 is 0 Å². The molecule has 6 heteroatoms. The van der Waals surface area contributed by atoms with Crippen LogP contribution in [0.1, 0.15) is 36.6 Å². The fourth-order valence-electron chi connectivity index (χ4n) is 2.48. The van der Waals surface area contributed by atoms with Gasteiger partial charge in [-0.1, -0.05) is 28.1 Å². The van der Waals surface area contributed by atoms with Crippen molar-refractivity contribution >= 4 is 21.8 Å². The number of aryl methyl sites for hydroxylation is 2. The molecule has 5 nitrogen and oxygen atoms in total. The maximum absolute atomic E-state index is 12.1. The molecule has 0 spiro atoms. The van der Waals surface area contributed by atoms with Gasteiger partial charge in [0.1, 0.15) is 19.0 Å². The smallest absolute Gasteiger partial charge is 0.246 e. The predicted octanol–water partition coefficient (Wildman–Crippen LogP) is 3.71. The van der Waals surface area contributed by atoms with Crippen LogP contribution in [0.3, 0.4) is 0 Å². The third-order valence-corrected chi connectivity index (χ3v) is 4.36. The van der Waals surface area contributed by atoms with Crippen molar-refractivity contribution in [3.8, 4) is 0 Å². The average molecular weight is 395 g/mol. The van der Waals surface area contributed by atoms with Gasteiger partial charge < -0.3 is 14.5 Å². The Morgan fingerprint density at radius 1 is 1.38 bits per heavy atom. The first-order valence-corrected chi connectivity index (χ1v) is 8.59. The van der Waals surface area contributed by atoms with E-state index in [-0.39, 0.29) is 24.7 Å². The van der Waals surface area contributed by atoms with Gasteiger partial charge in [0.2, 0.25) is 11.8 Å². The highest BCUT2D eigenvalue weighted by Crippen LogP contribution is 2.20. The zero-order chi connectivity index (χ0) is 17.7. The summed E-state index contributed by atoms with van der Waals surface area (Å²) in [6.45, 7) is 8.03. The fourth-order valence-corrected chi connectivity index (χ4v) is 2.73. The molecule has 2 aromatic rings. The molecule has 0 aliphatic heterocycles. The van der Waals surface area contributed by atoms with Crippen molar-refractivity contribution in [2.24, 2.45) is 0 Å². The Kier molecular flexibility index (Phi) is 6.18. The maximum Gasteiger partial charge on any atom is 0.246 e. The number of aromatic nitrogens is 1. The molecule has 0 saturated carbocycles. The van der Waals surface area contributed by atoms with Crippen LogP contribution in [0, 0.1) is 13.8 Å². The molecule has 1 amide bonds. The van der Waals surface area contributed by atoms with Gasteiger partial charge in [-0.05, 0) is 51.3 Å². The number of oxazole rings is 1. The first-order chi connectivity index (χ1) is 11.2. The zero-order valence-corrected chi connectivity index (χ0v) is 16.1. The van der Waals surface area contributed by atoms with Crippen LogP contribution in [0.2, 0.25) is 0 Å². The summed E-state index contributed by atoms with van der Waals surface area (Å²) < 4.78 is 11.7. The Balaban J connectivity index is 1.81. The minimum absolute atomic E-state index is 0.0236. The van der Waals surface area contributed by atoms with Crippen LogP contribution in [0.4, 0.5) is 0 Å². The van der Waals surface area contributed by atoms with Gasteiger partial charge in [0.15, 0.2) is 0 Å². The highest BCUT2D eigenvalue weighted by Gasteiger charge is 2.21. The average Bonchev–Trinajstić information content (AvgIpc) is 2.87. The summed E-state index contributed by atoms with van der Waals surface area (Å²) in [6.07, 6.45) is 2.37. The molecule has 1 heterocycles. The monoisotopic (exact) mass is 394 g/mol. The molecule has 1 aromatic heterocycles. The summed E-state index contributed by atoms with van der Waals surface area (Å²) >= 11 is 3.50. The number of amides is 1. The number of benzene rings is 1. The molecule has 0 bridgehead atoms. The van der Waals surface area contributed by atoms with Gasteiger partial charge in [-0.15, -0.1) is 0 Å². The molecule has 0 radical (unpaired) electrons. The van der Waals surface area contributed by atoms with Gasteiger partial charge in [0, 0.05) is 10.0 Å². The van der Waals surface area contributed by atoms with E-state index >= 15 is 0 Å². The number of rotatable bonds is 7. The SMILES string of the molecule is Cc1cnc(COCC(=O)NC(C)(C)Cc2ccc(Br)c(C)c2)o1. The van der Waals surface area contributed by atoms with Gasteiger partial charge in [0.25, 0.3) is 0 Å². The Morgan fingerprint density at radius 3 is 2.75 bits per heavy atom. The highest BCUT2D eigenvalue weighted by atomic mass is 79.9. The van der Waals surface area contributed by atoms with Crippen LogP contribution in [-0.4, -0.2) is 23.0 Å². The largest absolute Gasteiger partial charge is 0.443 e. The van der Waals surface area contributed by atoms with E-state index in [2.05, 4.69) is 45.3 Å². The molecule has 1 N–H and O–H groups in total. The molecule has 0 aliphatic rings. The number of hydrogen-bond donors (Lipinski definition) is 1. The first kappa shape index (κ1) is 18.7. The molecule has 0 atom stereocenters. The van der Waals surface area contributed by atoms with E-state index < -0.39 is 0 Å². The third-order valence-electron chi connectivity index (χ3n) is 3.47. The minimum atomic E-state index is -0.361. The van der Waals surface area contributed by atoms with E-state index in [9.17, 15) is 4.79 Å². The molecule has 24 heavy (non-hydrogen) atoms. The zero-order valence-electron chi connectivity index (χ0n) is 14.5. The van der Waals surface area contributed by atoms with E-state index in [1.807, 2.05) is 26.8 Å². The number of halogens is 1. The Bertz CT molecular complexity index is 710. The quantitative estimate of drug-likeness (QED) is 0.777. The van der Waals surface area contributed by atoms with Gasteiger partial charge in [0.05, 0.1) is 6.20 Å². The van der Waals surface area contributed by atoms with E-state index in [0.717, 1.165) is 16.7 Å². The predicted molar refractivity (Wildman–Crippen MR) is 95.7 cm³/mol. The van der Waals surface area contributed by atoms with Crippen molar-refractivity contribution in [2.45, 2.75) is 46.3 Å². The van der Waals surface area contributed by atoms with Crippen molar-refractivity contribution in [1.82, 2.24) is 10.3 Å². The molecular weight excluding hydrogens is 372 g/mol. The Morgan fingerprint density at radius 2 is 2.12 bits per heavy atom. The summed E-state index contributed by atoms with van der Waals surface area (Å²) in [7, 11) is 0. The minimum Gasteiger partial charge on any atom is -0.443 e. The van der Waals surface area contributed by atoms with Crippen molar-refractivity contribution < 1.29 is 13.9 Å².